The van der Waals surface area contributed by atoms with Gasteiger partial charge in [0.2, 0.25) is 5.91 Å². The van der Waals surface area contributed by atoms with Crippen molar-refractivity contribution < 1.29 is 22.8 Å². The minimum Gasteiger partial charge on any atom is -0.336 e. The molecule has 0 aliphatic carbocycles. The molecule has 1 aliphatic rings. The first kappa shape index (κ1) is 16.9. The van der Waals surface area contributed by atoms with Crippen molar-refractivity contribution in [2.45, 2.75) is 23.4 Å². The minimum atomic E-state index is -4.53. The van der Waals surface area contributed by atoms with E-state index in [1.807, 2.05) is 0 Å². The van der Waals surface area contributed by atoms with Crippen molar-refractivity contribution in [2.75, 3.05) is 13.1 Å². The number of hydrogen-bond acceptors (Lipinski definition) is 4. The number of thioether (sulfide) groups is 1. The van der Waals surface area contributed by atoms with Gasteiger partial charge in [-0.2, -0.15) is 13.2 Å². The summed E-state index contributed by atoms with van der Waals surface area (Å²) >= 11 is 6.69. The summed E-state index contributed by atoms with van der Waals surface area (Å²) in [5.41, 5.74) is -0.959. The summed E-state index contributed by atoms with van der Waals surface area (Å²) in [6.07, 6.45) is -3.87. The van der Waals surface area contributed by atoms with Crippen LogP contribution in [0.3, 0.4) is 0 Å². The smallest absolute Gasteiger partial charge is 0.336 e. The number of amides is 3. The lowest BCUT2D eigenvalue weighted by Gasteiger charge is -2.17. The van der Waals surface area contributed by atoms with Crippen LogP contribution in [0.2, 0.25) is 5.02 Å². The van der Waals surface area contributed by atoms with Gasteiger partial charge in [-0.25, -0.2) is 9.78 Å². The molecular formula is C12H11ClF3N3O2S. The molecule has 1 fully saturated rings. The molecule has 1 aromatic rings. The largest absolute Gasteiger partial charge is 0.417 e. The minimum absolute atomic E-state index is 0.107. The van der Waals surface area contributed by atoms with E-state index in [1.54, 1.807) is 0 Å². The zero-order valence-electron chi connectivity index (χ0n) is 11.3. The highest BCUT2D eigenvalue weighted by atomic mass is 35.5. The number of imide groups is 1. The maximum absolute atomic E-state index is 12.5. The van der Waals surface area contributed by atoms with Crippen LogP contribution in [0.1, 0.15) is 12.5 Å². The number of urea groups is 1. The molecule has 0 bridgehead atoms. The molecule has 3 amide bonds. The SMILES string of the molecule is C[C@@H](Sc1ncc(C(F)(F)F)cc1Cl)C(=O)N1CCNC1=O. The van der Waals surface area contributed by atoms with Crippen LogP contribution in [0.5, 0.6) is 0 Å². The molecule has 1 N–H and O–H groups in total. The summed E-state index contributed by atoms with van der Waals surface area (Å²) in [5.74, 6) is -0.447. The standard InChI is InChI=1S/C12H11ClF3N3O2S/c1-6(10(20)19-3-2-17-11(19)21)22-9-8(13)4-7(5-18-9)12(14,15)16/h4-6H,2-3H2,1H3,(H,17,21)/t6-/m1/s1. The number of nitrogens with zero attached hydrogens (tertiary/aromatic N) is 2. The third-order valence-electron chi connectivity index (χ3n) is 2.89. The second kappa shape index (κ2) is 6.33. The molecule has 22 heavy (non-hydrogen) atoms. The molecule has 10 heteroatoms. The van der Waals surface area contributed by atoms with E-state index in [9.17, 15) is 22.8 Å². The Kier molecular flexibility index (Phi) is 4.86. The Morgan fingerprint density at radius 1 is 1.55 bits per heavy atom. The van der Waals surface area contributed by atoms with E-state index >= 15 is 0 Å². The summed E-state index contributed by atoms with van der Waals surface area (Å²) in [6.45, 7) is 2.17. The highest BCUT2D eigenvalue weighted by Gasteiger charge is 2.33. The molecule has 5 nitrogen and oxygen atoms in total. The molecule has 2 rings (SSSR count). The number of carbonyl (C=O) groups is 2. The average molecular weight is 354 g/mol. The summed E-state index contributed by atoms with van der Waals surface area (Å²) in [6, 6.07) is 0.278. The number of alkyl halides is 3. The number of nitrogens with one attached hydrogen (secondary N) is 1. The normalized spacial score (nSPS) is 16.6. The number of pyridine rings is 1. The van der Waals surface area contributed by atoms with Crippen LogP contribution in [0, 0.1) is 0 Å². The second-order valence-electron chi connectivity index (χ2n) is 4.49. The lowest BCUT2D eigenvalue weighted by molar-refractivity contribution is -0.138. The predicted molar refractivity (Wildman–Crippen MR) is 74.7 cm³/mol. The fourth-order valence-electron chi connectivity index (χ4n) is 1.79. The van der Waals surface area contributed by atoms with Crippen LogP contribution >= 0.6 is 23.4 Å². The first-order valence-corrected chi connectivity index (χ1v) is 7.44. The van der Waals surface area contributed by atoms with Gasteiger partial charge >= 0.3 is 12.2 Å². The molecule has 2 heterocycles. The van der Waals surface area contributed by atoms with Crippen LogP contribution < -0.4 is 5.32 Å². The summed E-state index contributed by atoms with van der Waals surface area (Å²) in [5, 5.41) is 1.71. The predicted octanol–water partition coefficient (Wildman–Crippen LogP) is 2.79. The van der Waals surface area contributed by atoms with Gasteiger partial charge in [-0.3, -0.25) is 9.69 Å². The Hall–Kier alpha value is -1.48. The molecule has 0 spiro atoms. The van der Waals surface area contributed by atoms with Crippen LogP contribution in [0.15, 0.2) is 17.3 Å². The van der Waals surface area contributed by atoms with Crippen molar-refractivity contribution in [1.82, 2.24) is 15.2 Å². The Bertz CT molecular complexity index is 612. The van der Waals surface area contributed by atoms with E-state index < -0.39 is 28.9 Å². The molecule has 0 unspecified atom stereocenters. The van der Waals surface area contributed by atoms with Crippen LogP contribution in [-0.4, -0.2) is 40.2 Å². The van der Waals surface area contributed by atoms with Crippen LogP contribution in [-0.2, 0) is 11.0 Å². The van der Waals surface area contributed by atoms with Gasteiger partial charge in [0.05, 0.1) is 15.8 Å². The van der Waals surface area contributed by atoms with E-state index in [0.717, 1.165) is 22.7 Å². The van der Waals surface area contributed by atoms with E-state index in [4.69, 9.17) is 11.6 Å². The van der Waals surface area contributed by atoms with Crippen LogP contribution in [0.4, 0.5) is 18.0 Å². The van der Waals surface area contributed by atoms with Crippen molar-refractivity contribution in [1.29, 1.82) is 0 Å². The van der Waals surface area contributed by atoms with Gasteiger partial charge < -0.3 is 5.32 Å². The van der Waals surface area contributed by atoms with E-state index in [-0.39, 0.29) is 16.6 Å². The average Bonchev–Trinajstić information content (AvgIpc) is 2.85. The summed E-state index contributed by atoms with van der Waals surface area (Å²) in [4.78, 5) is 28.2. The van der Waals surface area contributed by atoms with Gasteiger partial charge in [-0.05, 0) is 13.0 Å². The molecule has 1 aromatic heterocycles. The fraction of sp³-hybridized carbons (Fsp3) is 0.417. The Balaban J connectivity index is 2.10. The van der Waals surface area contributed by atoms with Gasteiger partial charge in [0.1, 0.15) is 5.03 Å². The molecule has 0 saturated carbocycles. The van der Waals surface area contributed by atoms with Gasteiger partial charge in [0, 0.05) is 19.3 Å². The highest BCUT2D eigenvalue weighted by Crippen LogP contribution is 2.35. The van der Waals surface area contributed by atoms with Gasteiger partial charge in [0.15, 0.2) is 0 Å². The van der Waals surface area contributed by atoms with Crippen molar-refractivity contribution in [2.24, 2.45) is 0 Å². The van der Waals surface area contributed by atoms with Gasteiger partial charge in [0.25, 0.3) is 0 Å². The van der Waals surface area contributed by atoms with E-state index in [2.05, 4.69) is 10.3 Å². The highest BCUT2D eigenvalue weighted by molar-refractivity contribution is 8.00. The molecule has 0 aromatic carbocycles. The Morgan fingerprint density at radius 2 is 2.23 bits per heavy atom. The monoisotopic (exact) mass is 353 g/mol. The Labute approximate surface area is 133 Å². The molecule has 1 aliphatic heterocycles. The van der Waals surface area contributed by atoms with Gasteiger partial charge in [-0.1, -0.05) is 23.4 Å². The van der Waals surface area contributed by atoms with Crippen molar-refractivity contribution in [3.05, 3.63) is 22.8 Å². The first-order valence-electron chi connectivity index (χ1n) is 6.18. The third kappa shape index (κ3) is 3.64. The fourth-order valence-corrected chi connectivity index (χ4v) is 2.93. The second-order valence-corrected chi connectivity index (χ2v) is 6.23. The summed E-state index contributed by atoms with van der Waals surface area (Å²) < 4.78 is 37.6. The number of halogens is 4. The number of rotatable bonds is 3. The van der Waals surface area contributed by atoms with Crippen molar-refractivity contribution in [3.63, 3.8) is 0 Å². The lowest BCUT2D eigenvalue weighted by Crippen LogP contribution is -2.38. The zero-order valence-corrected chi connectivity index (χ0v) is 12.8. The Morgan fingerprint density at radius 3 is 2.73 bits per heavy atom. The molecular weight excluding hydrogens is 343 g/mol. The van der Waals surface area contributed by atoms with Gasteiger partial charge in [-0.15, -0.1) is 0 Å². The quantitative estimate of drug-likeness (QED) is 0.849. The maximum Gasteiger partial charge on any atom is 0.417 e. The molecule has 120 valence electrons. The molecule has 1 saturated heterocycles. The van der Waals surface area contributed by atoms with E-state index in [1.165, 1.54) is 6.92 Å². The number of aromatic nitrogens is 1. The third-order valence-corrected chi connectivity index (χ3v) is 4.40. The lowest BCUT2D eigenvalue weighted by atomic mass is 10.3. The molecule has 1 atom stereocenters. The van der Waals surface area contributed by atoms with Crippen molar-refractivity contribution >= 4 is 35.3 Å². The van der Waals surface area contributed by atoms with E-state index in [0.29, 0.717) is 12.7 Å². The summed E-state index contributed by atoms with van der Waals surface area (Å²) in [7, 11) is 0. The van der Waals surface area contributed by atoms with Crippen molar-refractivity contribution in [3.8, 4) is 0 Å². The van der Waals surface area contributed by atoms with Crippen LogP contribution in [0.25, 0.3) is 0 Å². The zero-order chi connectivity index (χ0) is 16.5. The first-order chi connectivity index (χ1) is 10.2. The number of hydrogen-bond donors (Lipinski definition) is 1. The molecule has 0 radical (unpaired) electrons. The topological polar surface area (TPSA) is 62.3 Å². The number of carbonyl (C=O) groups excluding carboxylic acids is 2. The maximum atomic E-state index is 12.5.